The van der Waals surface area contributed by atoms with Crippen molar-refractivity contribution in [1.82, 2.24) is 4.90 Å². The maximum atomic E-state index is 13.2. The van der Waals surface area contributed by atoms with Crippen LogP contribution in [-0.4, -0.2) is 35.7 Å². The molecule has 3 rings (SSSR count). The first-order valence-electron chi connectivity index (χ1n) is 11.2. The molecule has 2 unspecified atom stereocenters. The van der Waals surface area contributed by atoms with Crippen molar-refractivity contribution < 1.29 is 14.4 Å². The predicted molar refractivity (Wildman–Crippen MR) is 128 cm³/mol. The zero-order valence-electron chi connectivity index (χ0n) is 19.6. The predicted octanol–water partition coefficient (Wildman–Crippen LogP) is 5.04. The summed E-state index contributed by atoms with van der Waals surface area (Å²) in [6, 6.07) is 13.9. The van der Waals surface area contributed by atoms with Gasteiger partial charge in [0.25, 0.3) is 11.8 Å². The van der Waals surface area contributed by atoms with E-state index in [0.717, 1.165) is 19.5 Å². The van der Waals surface area contributed by atoms with E-state index in [9.17, 15) is 14.4 Å². The number of carbonyl (C=O) groups is 3. The number of hydrogen-bond donors (Lipinski definition) is 2. The number of rotatable bonds is 4. The van der Waals surface area contributed by atoms with Crippen molar-refractivity contribution in [2.75, 3.05) is 23.7 Å². The Morgan fingerprint density at radius 1 is 0.906 bits per heavy atom. The average Bonchev–Trinajstić information content (AvgIpc) is 2.72. The Morgan fingerprint density at radius 3 is 2.22 bits per heavy atom. The van der Waals surface area contributed by atoms with Gasteiger partial charge in [-0.1, -0.05) is 52.8 Å². The van der Waals surface area contributed by atoms with Gasteiger partial charge in [-0.15, -0.1) is 0 Å². The van der Waals surface area contributed by atoms with Gasteiger partial charge in [0, 0.05) is 29.8 Å². The maximum Gasteiger partial charge on any atom is 0.255 e. The van der Waals surface area contributed by atoms with E-state index in [4.69, 9.17) is 0 Å². The Balaban J connectivity index is 1.77. The number of hydrogen-bond acceptors (Lipinski definition) is 3. The zero-order valence-corrected chi connectivity index (χ0v) is 19.6. The molecule has 1 aliphatic heterocycles. The highest BCUT2D eigenvalue weighted by Crippen LogP contribution is 2.25. The van der Waals surface area contributed by atoms with Gasteiger partial charge < -0.3 is 15.5 Å². The Labute approximate surface area is 190 Å². The molecule has 1 saturated heterocycles. The molecule has 6 nitrogen and oxygen atoms in total. The fourth-order valence-electron chi connectivity index (χ4n) is 4.03. The molecule has 2 atom stereocenters. The van der Waals surface area contributed by atoms with Gasteiger partial charge in [-0.3, -0.25) is 14.4 Å². The molecule has 2 aromatic rings. The van der Waals surface area contributed by atoms with E-state index in [0.29, 0.717) is 34.3 Å². The smallest absolute Gasteiger partial charge is 0.255 e. The molecule has 32 heavy (non-hydrogen) atoms. The second-order valence-corrected chi connectivity index (χ2v) is 9.94. The minimum Gasteiger partial charge on any atom is -0.338 e. The number of benzene rings is 2. The van der Waals surface area contributed by atoms with Gasteiger partial charge in [0.1, 0.15) is 0 Å². The fraction of sp³-hybridized carbons (Fsp3) is 0.423. The molecule has 0 radical (unpaired) electrons. The van der Waals surface area contributed by atoms with Crippen molar-refractivity contribution in [3.8, 4) is 0 Å². The minimum absolute atomic E-state index is 0.0644. The van der Waals surface area contributed by atoms with Gasteiger partial charge in [0.05, 0.1) is 11.3 Å². The SMILES string of the molecule is CC1CC(C)CN(C(=O)c2ccccc2NC(=O)c2cccc(NC(=O)C(C)(C)C)c2)C1. The summed E-state index contributed by atoms with van der Waals surface area (Å²) in [6.07, 6.45) is 1.12. The van der Waals surface area contributed by atoms with Gasteiger partial charge >= 0.3 is 0 Å². The van der Waals surface area contributed by atoms with Crippen LogP contribution in [0.4, 0.5) is 11.4 Å². The monoisotopic (exact) mass is 435 g/mol. The molecule has 6 heteroatoms. The van der Waals surface area contributed by atoms with Crippen molar-refractivity contribution in [1.29, 1.82) is 0 Å². The summed E-state index contributed by atoms with van der Waals surface area (Å²) in [5.74, 6) is 0.380. The van der Waals surface area contributed by atoms with Crippen LogP contribution in [0, 0.1) is 17.3 Å². The van der Waals surface area contributed by atoms with Gasteiger partial charge in [0.15, 0.2) is 0 Å². The number of carbonyl (C=O) groups excluding carboxylic acids is 3. The topological polar surface area (TPSA) is 78.5 Å². The van der Waals surface area contributed by atoms with Crippen LogP contribution in [-0.2, 0) is 4.79 Å². The molecule has 0 saturated carbocycles. The second kappa shape index (κ2) is 9.55. The van der Waals surface area contributed by atoms with Crippen molar-refractivity contribution in [3.05, 3.63) is 59.7 Å². The number of nitrogens with one attached hydrogen (secondary N) is 2. The second-order valence-electron chi connectivity index (χ2n) is 9.94. The lowest BCUT2D eigenvalue weighted by atomic mass is 9.91. The summed E-state index contributed by atoms with van der Waals surface area (Å²) in [7, 11) is 0. The van der Waals surface area contributed by atoms with Crippen LogP contribution in [0.5, 0.6) is 0 Å². The van der Waals surface area contributed by atoms with Gasteiger partial charge in [-0.2, -0.15) is 0 Å². The van der Waals surface area contributed by atoms with Gasteiger partial charge in [-0.05, 0) is 48.6 Å². The van der Waals surface area contributed by atoms with E-state index in [1.165, 1.54) is 0 Å². The van der Waals surface area contributed by atoms with Crippen LogP contribution in [0.25, 0.3) is 0 Å². The molecule has 1 fully saturated rings. The summed E-state index contributed by atoms with van der Waals surface area (Å²) in [5, 5.41) is 5.72. The van der Waals surface area contributed by atoms with Crippen LogP contribution in [0.15, 0.2) is 48.5 Å². The van der Waals surface area contributed by atoms with Crippen molar-refractivity contribution >= 4 is 29.1 Å². The summed E-state index contributed by atoms with van der Waals surface area (Å²) in [4.78, 5) is 40.3. The quantitative estimate of drug-likeness (QED) is 0.706. The highest BCUT2D eigenvalue weighted by molar-refractivity contribution is 6.09. The minimum atomic E-state index is -0.541. The van der Waals surface area contributed by atoms with Crippen molar-refractivity contribution in [2.24, 2.45) is 17.3 Å². The van der Waals surface area contributed by atoms with Gasteiger partial charge in [0.2, 0.25) is 5.91 Å². The zero-order chi connectivity index (χ0) is 23.5. The Bertz CT molecular complexity index is 999. The third kappa shape index (κ3) is 5.75. The Kier molecular flexibility index (Phi) is 7.02. The highest BCUT2D eigenvalue weighted by Gasteiger charge is 2.27. The van der Waals surface area contributed by atoms with Crippen molar-refractivity contribution in [3.63, 3.8) is 0 Å². The van der Waals surface area contributed by atoms with Crippen LogP contribution in [0.2, 0.25) is 0 Å². The summed E-state index contributed by atoms with van der Waals surface area (Å²) in [5.41, 5.74) is 1.38. The number of nitrogens with zero attached hydrogens (tertiary/aromatic N) is 1. The van der Waals surface area contributed by atoms with E-state index in [-0.39, 0.29) is 17.7 Å². The lowest BCUT2D eigenvalue weighted by molar-refractivity contribution is -0.123. The number of piperidine rings is 1. The van der Waals surface area contributed by atoms with Crippen LogP contribution < -0.4 is 10.6 Å². The molecular formula is C26H33N3O3. The maximum absolute atomic E-state index is 13.2. The molecule has 0 spiro atoms. The lowest BCUT2D eigenvalue weighted by Crippen LogP contribution is -2.42. The third-order valence-corrected chi connectivity index (χ3v) is 5.63. The van der Waals surface area contributed by atoms with Crippen LogP contribution in [0.1, 0.15) is 61.8 Å². The molecule has 1 aliphatic rings. The van der Waals surface area contributed by atoms with Gasteiger partial charge in [-0.25, -0.2) is 0 Å². The molecule has 3 amide bonds. The molecule has 0 bridgehead atoms. The molecular weight excluding hydrogens is 402 g/mol. The number of anilines is 2. The molecule has 0 aliphatic carbocycles. The fourth-order valence-corrected chi connectivity index (χ4v) is 4.03. The summed E-state index contributed by atoms with van der Waals surface area (Å²) < 4.78 is 0. The average molecular weight is 436 g/mol. The third-order valence-electron chi connectivity index (χ3n) is 5.63. The standard InChI is InChI=1S/C26H33N3O3/c1-17-13-18(2)16-29(15-17)24(31)21-11-6-7-12-22(21)28-23(30)19-9-8-10-20(14-19)27-25(32)26(3,4)5/h6-12,14,17-18H,13,15-16H2,1-5H3,(H,27,32)(H,28,30). The Morgan fingerprint density at radius 2 is 1.56 bits per heavy atom. The van der Waals surface area contributed by atoms with Crippen LogP contribution in [0.3, 0.4) is 0 Å². The van der Waals surface area contributed by atoms with E-state index < -0.39 is 5.41 Å². The number of amides is 3. The molecule has 2 N–H and O–H groups in total. The highest BCUT2D eigenvalue weighted by atomic mass is 16.2. The molecule has 1 heterocycles. The number of para-hydroxylation sites is 1. The normalized spacial score (nSPS) is 18.7. The first-order valence-corrected chi connectivity index (χ1v) is 11.2. The van der Waals surface area contributed by atoms with E-state index >= 15 is 0 Å². The Hall–Kier alpha value is -3.15. The summed E-state index contributed by atoms with van der Waals surface area (Å²) >= 11 is 0. The molecule has 2 aromatic carbocycles. The van der Waals surface area contributed by atoms with E-state index in [2.05, 4.69) is 24.5 Å². The molecule has 0 aromatic heterocycles. The van der Waals surface area contributed by atoms with E-state index in [1.807, 2.05) is 31.7 Å². The van der Waals surface area contributed by atoms with Crippen LogP contribution >= 0.6 is 0 Å². The first kappa shape index (κ1) is 23.5. The summed E-state index contributed by atoms with van der Waals surface area (Å²) in [6.45, 7) is 11.3. The lowest BCUT2D eigenvalue weighted by Gasteiger charge is -2.35. The number of likely N-dealkylation sites (tertiary alicyclic amines) is 1. The largest absolute Gasteiger partial charge is 0.338 e. The molecule has 170 valence electrons. The van der Waals surface area contributed by atoms with Crippen molar-refractivity contribution in [2.45, 2.75) is 41.0 Å². The van der Waals surface area contributed by atoms with E-state index in [1.54, 1.807) is 42.5 Å². The first-order chi connectivity index (χ1) is 15.0.